The van der Waals surface area contributed by atoms with E-state index in [-0.39, 0.29) is 6.04 Å². The van der Waals surface area contributed by atoms with E-state index in [1.54, 1.807) is 11.8 Å². The van der Waals surface area contributed by atoms with E-state index in [4.69, 9.17) is 0 Å². The summed E-state index contributed by atoms with van der Waals surface area (Å²) in [4.78, 5) is 0. The first-order valence-corrected chi connectivity index (χ1v) is 6.17. The molecule has 0 saturated heterocycles. The highest BCUT2D eigenvalue weighted by atomic mass is 32.2. The predicted molar refractivity (Wildman–Crippen MR) is 58.3 cm³/mol. The number of nitrogens with one attached hydrogen (secondary N) is 1. The molecular weight excluding hydrogens is 198 g/mol. The van der Waals surface area contributed by atoms with E-state index in [1.165, 1.54) is 0 Å². The van der Waals surface area contributed by atoms with E-state index in [0.717, 1.165) is 24.7 Å². The Balaban J connectivity index is 2.61. The fraction of sp³-hybridized carbons (Fsp3) is 0.875. The number of rotatable bonds is 6. The standard InChI is InChI=1S/C8H17N5S/c1-4-9-7(2)8-10-11-12-13(8)5-6-14-3/h7,9H,4-6H2,1-3H3. The molecule has 1 rings (SSSR count). The number of aromatic nitrogens is 4. The maximum Gasteiger partial charge on any atom is 0.167 e. The van der Waals surface area contributed by atoms with E-state index >= 15 is 0 Å². The monoisotopic (exact) mass is 215 g/mol. The molecule has 1 unspecified atom stereocenters. The Labute approximate surface area is 88.6 Å². The molecule has 0 aliphatic carbocycles. The molecule has 1 N–H and O–H groups in total. The van der Waals surface area contributed by atoms with Gasteiger partial charge in [0.05, 0.1) is 12.6 Å². The third kappa shape index (κ3) is 2.95. The van der Waals surface area contributed by atoms with E-state index in [1.807, 2.05) is 4.68 Å². The summed E-state index contributed by atoms with van der Waals surface area (Å²) in [6.45, 7) is 5.95. The highest BCUT2D eigenvalue weighted by Crippen LogP contribution is 2.07. The Bertz CT molecular complexity index is 262. The van der Waals surface area contributed by atoms with E-state index in [9.17, 15) is 0 Å². The Kier molecular flexibility index (Phi) is 4.89. The third-order valence-electron chi connectivity index (χ3n) is 1.96. The van der Waals surface area contributed by atoms with Crippen LogP contribution in [-0.4, -0.2) is 38.8 Å². The van der Waals surface area contributed by atoms with Crippen LogP contribution in [0.2, 0.25) is 0 Å². The van der Waals surface area contributed by atoms with Crippen molar-refractivity contribution in [1.82, 2.24) is 25.5 Å². The number of aryl methyl sites for hydroxylation is 1. The maximum atomic E-state index is 4.02. The molecule has 0 bridgehead atoms. The van der Waals surface area contributed by atoms with E-state index < -0.39 is 0 Å². The lowest BCUT2D eigenvalue weighted by atomic mass is 10.3. The van der Waals surface area contributed by atoms with Gasteiger partial charge in [-0.1, -0.05) is 6.92 Å². The van der Waals surface area contributed by atoms with Gasteiger partial charge in [-0.05, 0) is 30.2 Å². The van der Waals surface area contributed by atoms with Crippen LogP contribution in [0.5, 0.6) is 0 Å². The van der Waals surface area contributed by atoms with Crippen molar-refractivity contribution in [1.29, 1.82) is 0 Å². The summed E-state index contributed by atoms with van der Waals surface area (Å²) in [6.07, 6.45) is 2.08. The van der Waals surface area contributed by atoms with Crippen LogP contribution in [-0.2, 0) is 6.54 Å². The van der Waals surface area contributed by atoms with Crippen molar-refractivity contribution >= 4 is 11.8 Å². The lowest BCUT2D eigenvalue weighted by Crippen LogP contribution is -2.22. The Hall–Kier alpha value is -0.620. The molecule has 0 spiro atoms. The van der Waals surface area contributed by atoms with Crippen molar-refractivity contribution in [2.45, 2.75) is 26.4 Å². The predicted octanol–water partition coefficient (Wildman–Crippen LogP) is 0.707. The normalized spacial score (nSPS) is 13.1. The molecule has 1 heterocycles. The van der Waals surface area contributed by atoms with Crippen LogP contribution in [0.25, 0.3) is 0 Å². The maximum absolute atomic E-state index is 4.02. The van der Waals surface area contributed by atoms with Crippen LogP contribution < -0.4 is 5.32 Å². The Morgan fingerprint density at radius 3 is 3.00 bits per heavy atom. The fourth-order valence-electron chi connectivity index (χ4n) is 1.26. The molecule has 14 heavy (non-hydrogen) atoms. The average Bonchev–Trinajstić information content (AvgIpc) is 2.63. The molecule has 1 aromatic heterocycles. The first-order chi connectivity index (χ1) is 6.79. The summed E-state index contributed by atoms with van der Waals surface area (Å²) in [5.74, 6) is 1.96. The van der Waals surface area contributed by atoms with Crippen molar-refractivity contribution in [3.63, 3.8) is 0 Å². The number of thioether (sulfide) groups is 1. The molecule has 1 aromatic rings. The molecular formula is C8H17N5S. The highest BCUT2D eigenvalue weighted by molar-refractivity contribution is 7.98. The first-order valence-electron chi connectivity index (χ1n) is 4.78. The topological polar surface area (TPSA) is 55.6 Å². The number of tetrazole rings is 1. The van der Waals surface area contributed by atoms with Crippen molar-refractivity contribution in [3.8, 4) is 0 Å². The van der Waals surface area contributed by atoms with Crippen LogP contribution in [0, 0.1) is 0 Å². The summed E-state index contributed by atoms with van der Waals surface area (Å²) in [5, 5.41) is 15.0. The highest BCUT2D eigenvalue weighted by Gasteiger charge is 2.12. The molecule has 0 aliphatic heterocycles. The lowest BCUT2D eigenvalue weighted by Gasteiger charge is -2.11. The van der Waals surface area contributed by atoms with Crippen LogP contribution in [0.1, 0.15) is 25.7 Å². The van der Waals surface area contributed by atoms with Crippen molar-refractivity contribution < 1.29 is 0 Å². The largest absolute Gasteiger partial charge is 0.308 e. The minimum absolute atomic E-state index is 0.219. The minimum Gasteiger partial charge on any atom is -0.308 e. The molecule has 5 nitrogen and oxygen atoms in total. The van der Waals surface area contributed by atoms with Gasteiger partial charge >= 0.3 is 0 Å². The van der Waals surface area contributed by atoms with Crippen LogP contribution >= 0.6 is 11.8 Å². The average molecular weight is 215 g/mol. The van der Waals surface area contributed by atoms with Crippen molar-refractivity contribution in [2.24, 2.45) is 0 Å². The van der Waals surface area contributed by atoms with E-state index in [0.29, 0.717) is 0 Å². The zero-order valence-electron chi connectivity index (χ0n) is 8.90. The first kappa shape index (κ1) is 11.5. The molecule has 0 aromatic carbocycles. The zero-order chi connectivity index (χ0) is 10.4. The summed E-state index contributed by atoms with van der Waals surface area (Å²) >= 11 is 1.80. The molecule has 80 valence electrons. The summed E-state index contributed by atoms with van der Waals surface area (Å²) in [5.41, 5.74) is 0. The zero-order valence-corrected chi connectivity index (χ0v) is 9.71. The lowest BCUT2D eigenvalue weighted by molar-refractivity contribution is 0.511. The van der Waals surface area contributed by atoms with Gasteiger partial charge in [0.15, 0.2) is 5.82 Å². The molecule has 0 fully saturated rings. The second kappa shape index (κ2) is 5.98. The van der Waals surface area contributed by atoms with Crippen LogP contribution in [0.3, 0.4) is 0 Å². The van der Waals surface area contributed by atoms with Crippen LogP contribution in [0.4, 0.5) is 0 Å². The third-order valence-corrected chi connectivity index (χ3v) is 2.56. The molecule has 6 heteroatoms. The molecule has 1 atom stereocenters. The summed E-state index contributed by atoms with van der Waals surface area (Å²) in [6, 6.07) is 0.219. The smallest absolute Gasteiger partial charge is 0.167 e. The van der Waals surface area contributed by atoms with Gasteiger partial charge in [0.2, 0.25) is 0 Å². The second-order valence-corrected chi connectivity index (χ2v) is 4.02. The van der Waals surface area contributed by atoms with E-state index in [2.05, 4.69) is 40.9 Å². The number of hydrogen-bond donors (Lipinski definition) is 1. The van der Waals surface area contributed by atoms with Gasteiger partial charge in [-0.3, -0.25) is 0 Å². The summed E-state index contributed by atoms with van der Waals surface area (Å²) < 4.78 is 1.86. The van der Waals surface area contributed by atoms with Gasteiger partial charge < -0.3 is 5.32 Å². The fourth-order valence-corrected chi connectivity index (χ4v) is 1.61. The van der Waals surface area contributed by atoms with Gasteiger partial charge in [-0.25, -0.2) is 4.68 Å². The SMILES string of the molecule is CCNC(C)c1nnnn1CCSC. The van der Waals surface area contributed by atoms with Gasteiger partial charge in [0, 0.05) is 5.75 Å². The van der Waals surface area contributed by atoms with Gasteiger partial charge in [0.25, 0.3) is 0 Å². The quantitative estimate of drug-likeness (QED) is 0.757. The number of hydrogen-bond acceptors (Lipinski definition) is 5. The molecule has 0 amide bonds. The molecule has 0 aliphatic rings. The number of nitrogens with zero attached hydrogens (tertiary/aromatic N) is 4. The molecule has 0 saturated carbocycles. The van der Waals surface area contributed by atoms with Gasteiger partial charge in [-0.2, -0.15) is 11.8 Å². The van der Waals surface area contributed by atoms with Gasteiger partial charge in [-0.15, -0.1) is 5.10 Å². The Morgan fingerprint density at radius 2 is 2.36 bits per heavy atom. The van der Waals surface area contributed by atoms with Crippen molar-refractivity contribution in [2.75, 3.05) is 18.6 Å². The Morgan fingerprint density at radius 1 is 1.57 bits per heavy atom. The summed E-state index contributed by atoms with van der Waals surface area (Å²) in [7, 11) is 0. The molecule has 0 radical (unpaired) electrons. The van der Waals surface area contributed by atoms with Crippen molar-refractivity contribution in [3.05, 3.63) is 5.82 Å². The van der Waals surface area contributed by atoms with Crippen LogP contribution in [0.15, 0.2) is 0 Å². The minimum atomic E-state index is 0.219. The van der Waals surface area contributed by atoms with Gasteiger partial charge in [0.1, 0.15) is 0 Å². The second-order valence-electron chi connectivity index (χ2n) is 3.03.